The number of phenolic OH excluding ortho intramolecular Hbond substituents is 1. The van der Waals surface area contributed by atoms with Gasteiger partial charge in [-0.2, -0.15) is 0 Å². The second-order valence-electron chi connectivity index (χ2n) is 4.19. The lowest BCUT2D eigenvalue weighted by atomic mass is 10.0. The van der Waals surface area contributed by atoms with Crippen LogP contribution in [-0.4, -0.2) is 11.1 Å². The van der Waals surface area contributed by atoms with E-state index in [1.54, 1.807) is 19.1 Å². The number of rotatable bonds is 3. The molecule has 0 heterocycles. The van der Waals surface area contributed by atoms with Gasteiger partial charge in [0, 0.05) is 11.1 Å². The Morgan fingerprint density at radius 3 is 2.42 bits per heavy atom. The lowest BCUT2D eigenvalue weighted by Crippen LogP contribution is -2.09. The van der Waals surface area contributed by atoms with Crippen molar-refractivity contribution in [2.75, 3.05) is 0 Å². The molecule has 0 aliphatic carbocycles. The van der Waals surface area contributed by atoms with Gasteiger partial charge in [-0.25, -0.2) is 4.79 Å². The maximum Gasteiger partial charge on any atom is 0.338 e. The minimum atomic E-state index is -0.557. The Bertz CT molecular complexity index is 615. The highest BCUT2D eigenvalue weighted by Gasteiger charge is 2.15. The summed E-state index contributed by atoms with van der Waals surface area (Å²) in [5, 5.41) is 9.88. The molecule has 2 aromatic carbocycles. The fraction of sp³-hybridized carbons (Fsp3) is 0.0625. The average Bonchev–Trinajstić information content (AvgIpc) is 2.41. The summed E-state index contributed by atoms with van der Waals surface area (Å²) in [4.78, 5) is 11.6. The van der Waals surface area contributed by atoms with Crippen LogP contribution in [0, 0.1) is 0 Å². The van der Waals surface area contributed by atoms with Crippen LogP contribution in [0.1, 0.15) is 6.92 Å². The van der Waals surface area contributed by atoms with E-state index in [0.717, 1.165) is 5.56 Å². The highest BCUT2D eigenvalue weighted by atomic mass is 16.5. The largest absolute Gasteiger partial charge is 0.504 e. The third-order valence-corrected chi connectivity index (χ3v) is 2.62. The molecule has 2 rings (SSSR count). The molecule has 0 bridgehead atoms. The van der Waals surface area contributed by atoms with E-state index in [4.69, 9.17) is 4.74 Å². The van der Waals surface area contributed by atoms with Crippen molar-refractivity contribution >= 4 is 5.97 Å². The van der Waals surface area contributed by atoms with Crippen molar-refractivity contribution in [3.63, 3.8) is 0 Å². The molecule has 2 aromatic rings. The summed E-state index contributed by atoms with van der Waals surface area (Å²) in [5.41, 5.74) is 1.81. The molecule has 19 heavy (non-hydrogen) atoms. The molecule has 1 N–H and O–H groups in total. The fourth-order valence-corrected chi connectivity index (χ4v) is 1.66. The first-order chi connectivity index (χ1) is 9.09. The number of para-hydroxylation sites is 1. The van der Waals surface area contributed by atoms with Crippen LogP contribution in [0.2, 0.25) is 0 Å². The van der Waals surface area contributed by atoms with Gasteiger partial charge >= 0.3 is 5.97 Å². The number of benzene rings is 2. The predicted octanol–water partition coefficient (Wildman–Crippen LogP) is 3.54. The van der Waals surface area contributed by atoms with E-state index in [1.807, 2.05) is 30.3 Å². The van der Waals surface area contributed by atoms with Crippen LogP contribution in [0.4, 0.5) is 0 Å². The summed E-state index contributed by atoms with van der Waals surface area (Å²) >= 11 is 0. The van der Waals surface area contributed by atoms with E-state index in [-0.39, 0.29) is 17.1 Å². The molecule has 0 radical (unpaired) electrons. The van der Waals surface area contributed by atoms with Crippen LogP contribution in [0.15, 0.2) is 60.7 Å². The number of carbonyl (C=O) groups excluding carboxylic acids is 1. The summed E-state index contributed by atoms with van der Waals surface area (Å²) in [5.74, 6) is -0.476. The maximum absolute atomic E-state index is 11.6. The van der Waals surface area contributed by atoms with Gasteiger partial charge < -0.3 is 9.84 Å². The molecular weight excluding hydrogens is 240 g/mol. The van der Waals surface area contributed by atoms with E-state index >= 15 is 0 Å². The van der Waals surface area contributed by atoms with Crippen molar-refractivity contribution in [3.05, 3.63) is 60.7 Å². The molecule has 96 valence electrons. The van der Waals surface area contributed by atoms with Gasteiger partial charge in [0.2, 0.25) is 0 Å². The summed E-state index contributed by atoms with van der Waals surface area (Å²) < 4.78 is 5.20. The van der Waals surface area contributed by atoms with E-state index in [0.29, 0.717) is 5.56 Å². The molecular formula is C16H14O3. The molecule has 0 aliphatic rings. The molecule has 0 aromatic heterocycles. The van der Waals surface area contributed by atoms with Gasteiger partial charge in [0.15, 0.2) is 11.5 Å². The van der Waals surface area contributed by atoms with Crippen LogP contribution in [-0.2, 0) is 4.79 Å². The summed E-state index contributed by atoms with van der Waals surface area (Å²) in [6, 6.07) is 14.4. The second kappa shape index (κ2) is 5.40. The molecule has 0 atom stereocenters. The van der Waals surface area contributed by atoms with Crippen LogP contribution < -0.4 is 4.74 Å². The van der Waals surface area contributed by atoms with E-state index in [9.17, 15) is 9.90 Å². The number of carbonyl (C=O) groups is 1. The Morgan fingerprint density at radius 2 is 1.79 bits per heavy atom. The van der Waals surface area contributed by atoms with Crippen molar-refractivity contribution in [1.82, 2.24) is 0 Å². The monoisotopic (exact) mass is 254 g/mol. The van der Waals surface area contributed by atoms with Crippen molar-refractivity contribution in [2.24, 2.45) is 0 Å². The topological polar surface area (TPSA) is 46.5 Å². The Kier molecular flexibility index (Phi) is 3.66. The van der Waals surface area contributed by atoms with Gasteiger partial charge in [0.25, 0.3) is 0 Å². The molecule has 0 unspecified atom stereocenters. The number of hydrogen-bond donors (Lipinski definition) is 1. The Balaban J connectivity index is 2.48. The Hall–Kier alpha value is -2.55. The minimum absolute atomic E-state index is 0.0732. The van der Waals surface area contributed by atoms with Crippen molar-refractivity contribution in [3.8, 4) is 22.6 Å². The molecule has 0 amide bonds. The van der Waals surface area contributed by atoms with Gasteiger partial charge in [0.05, 0.1) is 0 Å². The normalized spacial score (nSPS) is 9.95. The van der Waals surface area contributed by atoms with Crippen LogP contribution in [0.25, 0.3) is 11.1 Å². The third kappa shape index (κ3) is 2.83. The molecule has 3 nitrogen and oxygen atoms in total. The van der Waals surface area contributed by atoms with Crippen LogP contribution >= 0.6 is 0 Å². The zero-order valence-electron chi connectivity index (χ0n) is 10.6. The summed E-state index contributed by atoms with van der Waals surface area (Å²) in [6.07, 6.45) is 0. The summed E-state index contributed by atoms with van der Waals surface area (Å²) in [6.45, 7) is 5.09. The van der Waals surface area contributed by atoms with Gasteiger partial charge in [-0.15, -0.1) is 0 Å². The summed E-state index contributed by atoms with van der Waals surface area (Å²) in [7, 11) is 0. The van der Waals surface area contributed by atoms with Gasteiger partial charge in [0.1, 0.15) is 0 Å². The standard InChI is InChI=1S/C16H14O3/c1-11(2)16(18)19-15-13(9-6-10-14(15)17)12-7-4-3-5-8-12/h3-10,17H,1H2,2H3. The van der Waals surface area contributed by atoms with E-state index in [2.05, 4.69) is 6.58 Å². The molecule has 3 heteroatoms. The Morgan fingerprint density at radius 1 is 1.11 bits per heavy atom. The van der Waals surface area contributed by atoms with Crippen molar-refractivity contribution in [1.29, 1.82) is 0 Å². The molecule has 0 saturated carbocycles. The van der Waals surface area contributed by atoms with Gasteiger partial charge in [-0.1, -0.05) is 49.0 Å². The number of phenols is 1. The molecule has 0 saturated heterocycles. The first-order valence-electron chi connectivity index (χ1n) is 5.84. The molecule has 0 spiro atoms. The third-order valence-electron chi connectivity index (χ3n) is 2.62. The lowest BCUT2D eigenvalue weighted by molar-refractivity contribution is -0.130. The smallest absolute Gasteiger partial charge is 0.338 e. The quantitative estimate of drug-likeness (QED) is 0.517. The fourth-order valence-electron chi connectivity index (χ4n) is 1.66. The highest BCUT2D eigenvalue weighted by molar-refractivity contribution is 5.90. The number of hydrogen-bond acceptors (Lipinski definition) is 3. The van der Waals surface area contributed by atoms with Gasteiger partial charge in [-0.05, 0) is 18.6 Å². The number of ether oxygens (including phenoxy) is 1. The SMILES string of the molecule is C=C(C)C(=O)Oc1c(O)cccc1-c1ccccc1. The average molecular weight is 254 g/mol. The Labute approximate surface area is 111 Å². The maximum atomic E-state index is 11.6. The second-order valence-corrected chi connectivity index (χ2v) is 4.19. The first-order valence-corrected chi connectivity index (χ1v) is 5.84. The minimum Gasteiger partial charge on any atom is -0.504 e. The van der Waals surface area contributed by atoms with Crippen molar-refractivity contribution in [2.45, 2.75) is 6.92 Å². The number of aromatic hydroxyl groups is 1. The number of esters is 1. The zero-order chi connectivity index (χ0) is 13.8. The van der Waals surface area contributed by atoms with Gasteiger partial charge in [-0.3, -0.25) is 0 Å². The molecule has 0 fully saturated rings. The zero-order valence-corrected chi connectivity index (χ0v) is 10.6. The van der Waals surface area contributed by atoms with E-state index in [1.165, 1.54) is 6.07 Å². The van der Waals surface area contributed by atoms with E-state index < -0.39 is 5.97 Å². The highest BCUT2D eigenvalue weighted by Crippen LogP contribution is 2.37. The first kappa shape index (κ1) is 12.9. The predicted molar refractivity (Wildman–Crippen MR) is 74.0 cm³/mol. The van der Waals surface area contributed by atoms with Crippen LogP contribution in [0.3, 0.4) is 0 Å². The van der Waals surface area contributed by atoms with Crippen molar-refractivity contribution < 1.29 is 14.6 Å². The van der Waals surface area contributed by atoms with Crippen LogP contribution in [0.5, 0.6) is 11.5 Å². The lowest BCUT2D eigenvalue weighted by Gasteiger charge is -2.11. The molecule has 0 aliphatic heterocycles.